The molecule has 7 heteroatoms. The normalized spacial score (nSPS) is 23.6. The number of rotatable bonds is 0. The van der Waals surface area contributed by atoms with Gasteiger partial charge in [0.1, 0.15) is 6.54 Å². The quantitative estimate of drug-likeness (QED) is 0.616. The maximum atomic E-state index is 11.5. The lowest BCUT2D eigenvalue weighted by Crippen LogP contribution is -2.52. The summed E-state index contributed by atoms with van der Waals surface area (Å²) in [6.45, 7) is 0.192. The number of carbonyl (C=O) groups is 1. The number of tetrazole rings is 1. The fraction of sp³-hybridized carbons (Fsp3) is 0.778. The molecule has 2 N–H and O–H groups in total. The zero-order valence-corrected chi connectivity index (χ0v) is 8.94. The van der Waals surface area contributed by atoms with E-state index < -0.39 is 0 Å². The van der Waals surface area contributed by atoms with Crippen LogP contribution in [0.3, 0.4) is 0 Å². The fourth-order valence-corrected chi connectivity index (χ4v) is 2.58. The Kier molecular flexibility index (Phi) is 2.13. The summed E-state index contributed by atoms with van der Waals surface area (Å²) in [6.07, 6.45) is 5.44. The predicted octanol–water partition coefficient (Wildman–Crippen LogP) is -0.533. The van der Waals surface area contributed by atoms with Crippen LogP contribution in [0, 0.1) is 0 Å². The zero-order valence-electron chi connectivity index (χ0n) is 8.94. The maximum absolute atomic E-state index is 11.5. The Bertz CT molecular complexity index is 408. The average molecular weight is 222 g/mol. The van der Waals surface area contributed by atoms with E-state index in [1.165, 1.54) is 6.42 Å². The van der Waals surface area contributed by atoms with Gasteiger partial charge in [-0.25, -0.2) is 10.1 Å². The van der Waals surface area contributed by atoms with Crippen molar-refractivity contribution in [3.8, 4) is 0 Å². The molecule has 2 aliphatic rings. The number of carbonyl (C=O) groups excluding carboxylic acids is 1. The van der Waals surface area contributed by atoms with Crippen molar-refractivity contribution in [2.75, 3.05) is 0 Å². The van der Waals surface area contributed by atoms with E-state index >= 15 is 0 Å². The summed E-state index contributed by atoms with van der Waals surface area (Å²) in [7, 11) is 0. The molecule has 1 amide bonds. The topological polar surface area (TPSA) is 84.7 Å². The first-order chi connectivity index (χ1) is 7.80. The smallest absolute Gasteiger partial charge is 0.255 e. The second kappa shape index (κ2) is 3.51. The average Bonchev–Trinajstić information content (AvgIpc) is 2.72. The van der Waals surface area contributed by atoms with E-state index in [1.54, 1.807) is 4.68 Å². The zero-order chi connectivity index (χ0) is 11.0. The minimum Gasteiger partial charge on any atom is -0.289 e. The second-order valence-corrected chi connectivity index (χ2v) is 4.48. The molecule has 0 aromatic carbocycles. The van der Waals surface area contributed by atoms with Gasteiger partial charge >= 0.3 is 0 Å². The molecule has 0 atom stereocenters. The number of nitrogens with zero attached hydrogens (tertiary/aromatic N) is 4. The number of hydrazine groups is 1. The van der Waals surface area contributed by atoms with Crippen molar-refractivity contribution >= 4 is 5.91 Å². The van der Waals surface area contributed by atoms with Gasteiger partial charge in [0.25, 0.3) is 5.91 Å². The van der Waals surface area contributed by atoms with E-state index in [0.717, 1.165) is 31.5 Å². The Morgan fingerprint density at radius 3 is 2.88 bits per heavy atom. The molecule has 0 saturated heterocycles. The van der Waals surface area contributed by atoms with Gasteiger partial charge in [-0.05, 0) is 23.3 Å². The van der Waals surface area contributed by atoms with E-state index in [9.17, 15) is 4.79 Å². The standard InChI is InChI=1S/C9H14N6O/c16-7-6-15-8(11-13-14-15)9(12-10-7)4-2-1-3-5-9/h12H,1-6H2,(H,10,16). The fourth-order valence-electron chi connectivity index (χ4n) is 2.58. The third kappa shape index (κ3) is 1.39. The Hall–Kier alpha value is -1.50. The highest BCUT2D eigenvalue weighted by Crippen LogP contribution is 2.35. The van der Waals surface area contributed by atoms with Crippen LogP contribution in [0.15, 0.2) is 0 Å². The van der Waals surface area contributed by atoms with Crippen LogP contribution in [0.5, 0.6) is 0 Å². The first kappa shape index (κ1) is 9.71. The van der Waals surface area contributed by atoms with Gasteiger partial charge in [-0.2, -0.15) is 0 Å². The molecular formula is C9H14N6O. The molecule has 1 aromatic rings. The van der Waals surface area contributed by atoms with E-state index in [4.69, 9.17) is 0 Å². The molecule has 86 valence electrons. The van der Waals surface area contributed by atoms with E-state index in [2.05, 4.69) is 26.4 Å². The number of fused-ring (bicyclic) bond motifs is 2. The van der Waals surface area contributed by atoms with Crippen molar-refractivity contribution in [2.24, 2.45) is 0 Å². The van der Waals surface area contributed by atoms with Gasteiger partial charge in [0.05, 0.1) is 5.54 Å². The number of nitrogens with one attached hydrogen (secondary N) is 2. The Morgan fingerprint density at radius 1 is 1.25 bits per heavy atom. The van der Waals surface area contributed by atoms with Crippen LogP contribution in [-0.4, -0.2) is 26.1 Å². The number of hydrogen-bond donors (Lipinski definition) is 2. The van der Waals surface area contributed by atoms with Gasteiger partial charge in [0, 0.05) is 0 Å². The molecule has 1 spiro atoms. The minimum atomic E-state index is -0.270. The van der Waals surface area contributed by atoms with Gasteiger partial charge in [-0.15, -0.1) is 5.10 Å². The van der Waals surface area contributed by atoms with E-state index in [-0.39, 0.29) is 18.0 Å². The Balaban J connectivity index is 2.03. The van der Waals surface area contributed by atoms with Crippen LogP contribution in [0.4, 0.5) is 0 Å². The summed E-state index contributed by atoms with van der Waals surface area (Å²) < 4.78 is 1.60. The summed E-state index contributed by atoms with van der Waals surface area (Å²) >= 11 is 0. The molecule has 3 rings (SSSR count). The molecule has 2 heterocycles. The third-order valence-corrected chi connectivity index (χ3v) is 3.40. The van der Waals surface area contributed by atoms with Crippen molar-refractivity contribution in [1.82, 2.24) is 31.1 Å². The molecule has 1 saturated carbocycles. The monoisotopic (exact) mass is 222 g/mol. The summed E-state index contributed by atoms with van der Waals surface area (Å²) in [5.41, 5.74) is 5.58. The van der Waals surface area contributed by atoms with Crippen molar-refractivity contribution in [2.45, 2.75) is 44.2 Å². The van der Waals surface area contributed by atoms with Crippen molar-refractivity contribution in [3.05, 3.63) is 5.82 Å². The highest BCUT2D eigenvalue weighted by atomic mass is 16.2. The number of hydrogen-bond acceptors (Lipinski definition) is 5. The van der Waals surface area contributed by atoms with Gasteiger partial charge in [0.2, 0.25) is 0 Å². The van der Waals surface area contributed by atoms with Crippen molar-refractivity contribution in [1.29, 1.82) is 0 Å². The van der Waals surface area contributed by atoms with Crippen LogP contribution in [0.25, 0.3) is 0 Å². The SMILES string of the molecule is O=C1Cn2nnnc2C2(CCCCC2)NN1. The summed E-state index contributed by atoms with van der Waals surface area (Å²) in [5.74, 6) is 0.682. The molecule has 1 fully saturated rings. The highest BCUT2D eigenvalue weighted by molar-refractivity contribution is 5.75. The summed E-state index contributed by atoms with van der Waals surface area (Å²) in [5, 5.41) is 11.6. The first-order valence-corrected chi connectivity index (χ1v) is 5.63. The largest absolute Gasteiger partial charge is 0.289 e. The van der Waals surface area contributed by atoms with E-state index in [0.29, 0.717) is 0 Å². The molecule has 1 aromatic heterocycles. The summed E-state index contributed by atoms with van der Waals surface area (Å²) in [4.78, 5) is 11.5. The van der Waals surface area contributed by atoms with Gasteiger partial charge in [-0.1, -0.05) is 19.3 Å². The Morgan fingerprint density at radius 2 is 2.06 bits per heavy atom. The summed E-state index contributed by atoms with van der Waals surface area (Å²) in [6, 6.07) is 0. The number of amides is 1. The molecule has 1 aliphatic heterocycles. The van der Waals surface area contributed by atoms with Gasteiger partial charge in [0.15, 0.2) is 5.82 Å². The lowest BCUT2D eigenvalue weighted by molar-refractivity contribution is -0.123. The lowest BCUT2D eigenvalue weighted by atomic mass is 9.81. The predicted molar refractivity (Wildman–Crippen MR) is 53.9 cm³/mol. The van der Waals surface area contributed by atoms with Crippen molar-refractivity contribution < 1.29 is 4.79 Å². The van der Waals surface area contributed by atoms with E-state index in [1.807, 2.05) is 0 Å². The second-order valence-electron chi connectivity index (χ2n) is 4.48. The first-order valence-electron chi connectivity index (χ1n) is 5.63. The van der Waals surface area contributed by atoms with Crippen molar-refractivity contribution in [3.63, 3.8) is 0 Å². The number of aromatic nitrogens is 4. The molecule has 0 bridgehead atoms. The van der Waals surface area contributed by atoms with Crippen LogP contribution in [0.2, 0.25) is 0 Å². The molecule has 0 unspecified atom stereocenters. The van der Waals surface area contributed by atoms with Crippen LogP contribution in [-0.2, 0) is 16.9 Å². The highest BCUT2D eigenvalue weighted by Gasteiger charge is 2.41. The molecule has 1 aliphatic carbocycles. The lowest BCUT2D eigenvalue weighted by Gasteiger charge is -2.34. The van der Waals surface area contributed by atoms with Gasteiger partial charge in [-0.3, -0.25) is 10.2 Å². The van der Waals surface area contributed by atoms with Crippen LogP contribution in [0.1, 0.15) is 37.9 Å². The van der Waals surface area contributed by atoms with Crippen LogP contribution >= 0.6 is 0 Å². The molecule has 16 heavy (non-hydrogen) atoms. The van der Waals surface area contributed by atoms with Crippen LogP contribution < -0.4 is 10.9 Å². The molecular weight excluding hydrogens is 208 g/mol. The van der Waals surface area contributed by atoms with Gasteiger partial charge < -0.3 is 0 Å². The molecule has 7 nitrogen and oxygen atoms in total. The minimum absolute atomic E-state index is 0.101. The molecule has 0 radical (unpaired) electrons. The maximum Gasteiger partial charge on any atom is 0.255 e. The third-order valence-electron chi connectivity index (χ3n) is 3.40. The Labute approximate surface area is 92.6 Å².